The largest absolute Gasteiger partial charge is 0.347 e. The van der Waals surface area contributed by atoms with Gasteiger partial charge in [-0.1, -0.05) is 30.3 Å². The Labute approximate surface area is 130 Å². The van der Waals surface area contributed by atoms with E-state index >= 15 is 0 Å². The van der Waals surface area contributed by atoms with Gasteiger partial charge in [-0.3, -0.25) is 14.9 Å². The van der Waals surface area contributed by atoms with Gasteiger partial charge in [-0.25, -0.2) is 0 Å². The summed E-state index contributed by atoms with van der Waals surface area (Å²) in [7, 11) is 0. The van der Waals surface area contributed by atoms with E-state index in [4.69, 9.17) is 0 Å². The lowest BCUT2D eigenvalue weighted by Crippen LogP contribution is -2.21. The van der Waals surface area contributed by atoms with E-state index in [2.05, 4.69) is 5.32 Å². The molecular formula is C16H12N2O3S. The van der Waals surface area contributed by atoms with E-state index in [-0.39, 0.29) is 11.6 Å². The second-order valence-corrected chi connectivity index (χ2v) is 5.84. The third kappa shape index (κ3) is 2.96. The van der Waals surface area contributed by atoms with Crippen molar-refractivity contribution in [3.05, 3.63) is 75.2 Å². The van der Waals surface area contributed by atoms with Gasteiger partial charge in [0.2, 0.25) is 0 Å². The first kappa shape index (κ1) is 14.2. The number of nitrogens with one attached hydrogen (secondary N) is 1. The van der Waals surface area contributed by atoms with Crippen molar-refractivity contribution in [3.8, 4) is 0 Å². The summed E-state index contributed by atoms with van der Waals surface area (Å²) in [5, 5.41) is 14.3. The number of hydrogen-bond acceptors (Lipinski definition) is 4. The molecule has 110 valence electrons. The zero-order valence-electron chi connectivity index (χ0n) is 11.5. The number of non-ortho nitro benzene ring substituents is 1. The molecule has 0 atom stereocenters. The quantitative estimate of drug-likeness (QED) is 0.589. The number of carbonyl (C=O) groups excluding carboxylic acids is 1. The molecule has 0 fully saturated rings. The van der Waals surface area contributed by atoms with E-state index in [9.17, 15) is 14.9 Å². The first-order valence-corrected chi connectivity index (χ1v) is 7.45. The summed E-state index contributed by atoms with van der Waals surface area (Å²) in [6.07, 6.45) is 0. The molecule has 0 aliphatic rings. The number of rotatable bonds is 4. The summed E-state index contributed by atoms with van der Waals surface area (Å²) < 4.78 is 0.857. The van der Waals surface area contributed by atoms with Crippen LogP contribution in [0.4, 0.5) is 5.69 Å². The first-order chi connectivity index (χ1) is 10.6. The average Bonchev–Trinajstić information content (AvgIpc) is 2.96. The van der Waals surface area contributed by atoms with Gasteiger partial charge < -0.3 is 5.32 Å². The number of thiophene rings is 1. The van der Waals surface area contributed by atoms with Gasteiger partial charge in [0, 0.05) is 28.8 Å². The predicted octanol–water partition coefficient (Wildman–Crippen LogP) is 3.74. The second-order valence-electron chi connectivity index (χ2n) is 4.76. The molecular weight excluding hydrogens is 300 g/mol. The molecule has 0 spiro atoms. The lowest BCUT2D eigenvalue weighted by Gasteiger charge is -2.02. The molecule has 0 unspecified atom stereocenters. The molecule has 22 heavy (non-hydrogen) atoms. The number of benzene rings is 2. The molecule has 1 heterocycles. The van der Waals surface area contributed by atoms with Crippen LogP contribution in [0.1, 0.15) is 15.2 Å². The average molecular weight is 312 g/mol. The first-order valence-electron chi connectivity index (χ1n) is 6.63. The lowest BCUT2D eigenvalue weighted by molar-refractivity contribution is -0.384. The van der Waals surface area contributed by atoms with Gasteiger partial charge in [0.1, 0.15) is 0 Å². The molecule has 0 radical (unpaired) electrons. The van der Waals surface area contributed by atoms with Crippen LogP contribution in [-0.4, -0.2) is 10.8 Å². The van der Waals surface area contributed by atoms with Crippen LogP contribution in [0.25, 0.3) is 10.1 Å². The molecule has 2 aromatic carbocycles. The van der Waals surface area contributed by atoms with Crippen molar-refractivity contribution in [1.82, 2.24) is 5.32 Å². The molecule has 3 rings (SSSR count). The fourth-order valence-electron chi connectivity index (χ4n) is 2.12. The molecule has 0 aliphatic carbocycles. The molecule has 5 nitrogen and oxygen atoms in total. The van der Waals surface area contributed by atoms with Gasteiger partial charge in [0.15, 0.2) is 0 Å². The van der Waals surface area contributed by atoms with Gasteiger partial charge >= 0.3 is 0 Å². The lowest BCUT2D eigenvalue weighted by atomic mass is 10.2. The molecule has 0 saturated carbocycles. The van der Waals surface area contributed by atoms with Crippen molar-refractivity contribution < 1.29 is 9.72 Å². The van der Waals surface area contributed by atoms with Crippen LogP contribution in [-0.2, 0) is 6.54 Å². The van der Waals surface area contributed by atoms with Crippen molar-refractivity contribution in [2.45, 2.75) is 6.54 Å². The number of carbonyl (C=O) groups is 1. The van der Waals surface area contributed by atoms with Crippen molar-refractivity contribution in [2.24, 2.45) is 0 Å². The zero-order valence-corrected chi connectivity index (χ0v) is 12.3. The van der Waals surface area contributed by atoms with E-state index in [0.29, 0.717) is 16.8 Å². The van der Waals surface area contributed by atoms with Crippen LogP contribution in [0.15, 0.2) is 54.6 Å². The Morgan fingerprint density at radius 3 is 2.64 bits per heavy atom. The van der Waals surface area contributed by atoms with Crippen molar-refractivity contribution >= 4 is 33.0 Å². The Kier molecular flexibility index (Phi) is 3.84. The summed E-state index contributed by atoms with van der Waals surface area (Å²) in [5.74, 6) is -0.173. The van der Waals surface area contributed by atoms with E-state index in [0.717, 1.165) is 10.3 Å². The van der Waals surface area contributed by atoms with Crippen molar-refractivity contribution in [2.75, 3.05) is 0 Å². The number of fused-ring (bicyclic) bond motifs is 1. The molecule has 0 saturated heterocycles. The minimum atomic E-state index is -0.438. The molecule has 0 bridgehead atoms. The number of hydrogen-bond donors (Lipinski definition) is 1. The number of nitro groups is 1. The maximum atomic E-state index is 12.2. The SMILES string of the molecule is O=C(NCc1ccccc1)c1cc2cc([N+](=O)[O-])ccc2s1. The fraction of sp³-hybridized carbons (Fsp3) is 0.0625. The Morgan fingerprint density at radius 1 is 1.14 bits per heavy atom. The molecule has 1 aromatic heterocycles. The van der Waals surface area contributed by atoms with E-state index < -0.39 is 4.92 Å². The van der Waals surface area contributed by atoms with Gasteiger partial charge in [-0.15, -0.1) is 11.3 Å². The second kappa shape index (κ2) is 5.95. The summed E-state index contributed by atoms with van der Waals surface area (Å²) in [6, 6.07) is 15.9. The zero-order chi connectivity index (χ0) is 15.5. The maximum absolute atomic E-state index is 12.2. The monoisotopic (exact) mass is 312 g/mol. The fourth-order valence-corrected chi connectivity index (χ4v) is 3.08. The molecule has 6 heteroatoms. The number of nitro benzene ring substituents is 1. The molecule has 1 N–H and O–H groups in total. The van der Waals surface area contributed by atoms with Crippen LogP contribution < -0.4 is 5.32 Å². The number of amides is 1. The summed E-state index contributed by atoms with van der Waals surface area (Å²) >= 11 is 1.33. The minimum Gasteiger partial charge on any atom is -0.347 e. The molecule has 1 amide bonds. The van der Waals surface area contributed by atoms with Crippen LogP contribution in [0, 0.1) is 10.1 Å². The Bertz CT molecular complexity index is 843. The van der Waals surface area contributed by atoms with E-state index in [1.54, 1.807) is 12.1 Å². The predicted molar refractivity (Wildman–Crippen MR) is 86.1 cm³/mol. The molecule has 0 aliphatic heterocycles. The summed E-state index contributed by atoms with van der Waals surface area (Å²) in [5.41, 5.74) is 1.05. The topological polar surface area (TPSA) is 72.2 Å². The van der Waals surface area contributed by atoms with E-state index in [1.165, 1.54) is 23.5 Å². The van der Waals surface area contributed by atoms with Gasteiger partial charge in [-0.2, -0.15) is 0 Å². The van der Waals surface area contributed by atoms with Crippen LogP contribution in [0.2, 0.25) is 0 Å². The van der Waals surface area contributed by atoms with Crippen LogP contribution in [0.5, 0.6) is 0 Å². The van der Waals surface area contributed by atoms with E-state index in [1.807, 2.05) is 30.3 Å². The highest BCUT2D eigenvalue weighted by Crippen LogP contribution is 2.28. The Morgan fingerprint density at radius 2 is 1.91 bits per heavy atom. The summed E-state index contributed by atoms with van der Waals surface area (Å²) in [4.78, 5) is 23.1. The normalized spacial score (nSPS) is 10.5. The Hall–Kier alpha value is -2.73. The molecule has 3 aromatic rings. The smallest absolute Gasteiger partial charge is 0.270 e. The van der Waals surface area contributed by atoms with Crippen molar-refractivity contribution in [3.63, 3.8) is 0 Å². The van der Waals surface area contributed by atoms with Gasteiger partial charge in [0.25, 0.3) is 11.6 Å². The van der Waals surface area contributed by atoms with Gasteiger partial charge in [-0.05, 0) is 17.7 Å². The minimum absolute atomic E-state index is 0.0292. The van der Waals surface area contributed by atoms with Crippen LogP contribution >= 0.6 is 11.3 Å². The standard InChI is InChI=1S/C16H12N2O3S/c19-16(17-10-11-4-2-1-3-5-11)15-9-12-8-13(18(20)21)6-7-14(12)22-15/h1-9H,10H2,(H,17,19). The third-order valence-electron chi connectivity index (χ3n) is 3.23. The van der Waals surface area contributed by atoms with Crippen LogP contribution in [0.3, 0.4) is 0 Å². The third-order valence-corrected chi connectivity index (χ3v) is 4.35. The highest BCUT2D eigenvalue weighted by Gasteiger charge is 2.13. The summed E-state index contributed by atoms with van der Waals surface area (Å²) in [6.45, 7) is 0.452. The van der Waals surface area contributed by atoms with Gasteiger partial charge in [0.05, 0.1) is 9.80 Å². The highest BCUT2D eigenvalue weighted by atomic mass is 32.1. The highest BCUT2D eigenvalue weighted by molar-refractivity contribution is 7.20. The Balaban J connectivity index is 1.78. The maximum Gasteiger partial charge on any atom is 0.270 e. The van der Waals surface area contributed by atoms with Crippen molar-refractivity contribution in [1.29, 1.82) is 0 Å². The number of nitrogens with zero attached hydrogens (tertiary/aromatic N) is 1.